The predicted molar refractivity (Wildman–Crippen MR) is 102 cm³/mol. The Morgan fingerprint density at radius 2 is 1.82 bits per heavy atom. The smallest absolute Gasteiger partial charge is 0.207 e. The maximum absolute atomic E-state index is 13.6. The third-order valence-corrected chi connectivity index (χ3v) is 4.33. The predicted octanol–water partition coefficient (Wildman–Crippen LogP) is 3.13. The largest absolute Gasteiger partial charge is 0.392 e. The van der Waals surface area contributed by atoms with Crippen molar-refractivity contribution in [3.05, 3.63) is 83.1 Å². The number of nitrogen functional groups attached to an aromatic ring is 1. The van der Waals surface area contributed by atoms with Crippen LogP contribution in [-0.4, -0.2) is 16.5 Å². The van der Waals surface area contributed by atoms with Gasteiger partial charge in [-0.05, 0) is 53.4 Å². The summed E-state index contributed by atoms with van der Waals surface area (Å²) in [5.41, 5.74) is 8.87. The third-order valence-electron chi connectivity index (χ3n) is 4.33. The third kappa shape index (κ3) is 4.50. The molecule has 1 unspecified atom stereocenters. The number of nitrogens with two attached hydrogens (primary N) is 1. The van der Waals surface area contributed by atoms with Crippen LogP contribution in [0.2, 0.25) is 0 Å². The minimum atomic E-state index is -0.698. The number of anilines is 1. The van der Waals surface area contributed by atoms with Crippen molar-refractivity contribution in [1.29, 1.82) is 0 Å². The summed E-state index contributed by atoms with van der Waals surface area (Å²) in [6.07, 6.45) is 0.635. The van der Waals surface area contributed by atoms with E-state index < -0.39 is 17.7 Å². The summed E-state index contributed by atoms with van der Waals surface area (Å²) >= 11 is 0. The van der Waals surface area contributed by atoms with Crippen LogP contribution in [0, 0.1) is 11.6 Å². The van der Waals surface area contributed by atoms with Crippen molar-refractivity contribution in [2.45, 2.75) is 19.1 Å². The van der Waals surface area contributed by atoms with Crippen LogP contribution >= 0.6 is 0 Å². The van der Waals surface area contributed by atoms with Crippen LogP contribution in [0.25, 0.3) is 11.1 Å². The number of aromatic nitrogens is 1. The number of hydrogen-bond acceptors (Lipinski definition) is 4. The molecule has 0 aliphatic heterocycles. The van der Waals surface area contributed by atoms with Gasteiger partial charge in [0.1, 0.15) is 17.5 Å². The lowest BCUT2D eigenvalue weighted by molar-refractivity contribution is -0.110. The van der Waals surface area contributed by atoms with E-state index >= 15 is 0 Å². The van der Waals surface area contributed by atoms with E-state index in [0.717, 1.165) is 11.6 Å². The zero-order chi connectivity index (χ0) is 20.1. The second-order valence-electron chi connectivity index (χ2n) is 6.35. The molecule has 0 spiro atoms. The van der Waals surface area contributed by atoms with E-state index in [2.05, 4.69) is 10.3 Å². The Balaban J connectivity index is 2.06. The van der Waals surface area contributed by atoms with Crippen molar-refractivity contribution < 1.29 is 18.7 Å². The van der Waals surface area contributed by atoms with Crippen LogP contribution in [0.3, 0.4) is 0 Å². The van der Waals surface area contributed by atoms with E-state index in [0.29, 0.717) is 28.8 Å². The number of pyridine rings is 1. The zero-order valence-electron chi connectivity index (χ0n) is 14.9. The molecular formula is C21H19F2N3O2. The number of aliphatic hydroxyl groups excluding tert-OH is 1. The molecule has 5 nitrogen and oxygen atoms in total. The maximum Gasteiger partial charge on any atom is 0.207 e. The van der Waals surface area contributed by atoms with Crippen LogP contribution in [0.5, 0.6) is 0 Å². The number of nitrogens with zero attached hydrogens (tertiary/aromatic N) is 1. The normalized spacial score (nSPS) is 11.8. The molecule has 0 fully saturated rings. The molecule has 4 N–H and O–H groups in total. The summed E-state index contributed by atoms with van der Waals surface area (Å²) in [4.78, 5) is 15.6. The standard InChI is InChI=1S/C21H19F2N3O2/c22-16-7-14(8-17(23)10-16)9-19(25-12-28)21-18(4-5-20(24)26-21)15-3-1-2-13(6-15)11-27/h1-8,10,12,19,27H,9,11H2,(H2,24,26)(H,25,28). The summed E-state index contributed by atoms with van der Waals surface area (Å²) in [7, 11) is 0. The monoisotopic (exact) mass is 383 g/mol. The van der Waals surface area contributed by atoms with Crippen molar-refractivity contribution >= 4 is 12.2 Å². The summed E-state index contributed by atoms with van der Waals surface area (Å²) in [5.74, 6) is -1.15. The van der Waals surface area contributed by atoms with Crippen LogP contribution in [0.4, 0.5) is 14.6 Å². The van der Waals surface area contributed by atoms with Crippen molar-refractivity contribution in [1.82, 2.24) is 10.3 Å². The quantitative estimate of drug-likeness (QED) is 0.547. The van der Waals surface area contributed by atoms with Gasteiger partial charge in [0.25, 0.3) is 0 Å². The number of halogens is 2. The van der Waals surface area contributed by atoms with Gasteiger partial charge in [-0.25, -0.2) is 13.8 Å². The van der Waals surface area contributed by atoms with Crippen LogP contribution in [0.1, 0.15) is 22.9 Å². The minimum absolute atomic E-state index is 0.121. The Morgan fingerprint density at radius 3 is 2.50 bits per heavy atom. The van der Waals surface area contributed by atoms with Gasteiger partial charge in [0.2, 0.25) is 6.41 Å². The van der Waals surface area contributed by atoms with E-state index in [1.54, 1.807) is 30.3 Å². The topological polar surface area (TPSA) is 88.2 Å². The second-order valence-corrected chi connectivity index (χ2v) is 6.35. The first-order chi connectivity index (χ1) is 13.5. The number of benzene rings is 2. The molecular weight excluding hydrogens is 364 g/mol. The molecule has 7 heteroatoms. The van der Waals surface area contributed by atoms with Crippen LogP contribution < -0.4 is 11.1 Å². The first-order valence-corrected chi connectivity index (χ1v) is 8.61. The molecule has 0 saturated heterocycles. The molecule has 1 amide bonds. The molecule has 0 aliphatic rings. The maximum atomic E-state index is 13.6. The van der Waals surface area contributed by atoms with E-state index in [9.17, 15) is 18.7 Å². The molecule has 3 rings (SSSR count). The Labute approximate surface area is 160 Å². The molecule has 0 radical (unpaired) electrons. The number of carbonyl (C=O) groups is 1. The van der Waals surface area contributed by atoms with Crippen LogP contribution in [-0.2, 0) is 17.8 Å². The molecule has 1 aromatic heterocycles. The minimum Gasteiger partial charge on any atom is -0.392 e. The Hall–Kier alpha value is -3.32. The fraction of sp³-hybridized carbons (Fsp3) is 0.143. The summed E-state index contributed by atoms with van der Waals surface area (Å²) < 4.78 is 27.1. The SMILES string of the molecule is Nc1ccc(-c2cccc(CO)c2)c(C(Cc2cc(F)cc(F)c2)NC=O)n1. The van der Waals surface area contributed by atoms with Crippen molar-refractivity contribution in [2.24, 2.45) is 0 Å². The van der Waals surface area contributed by atoms with Gasteiger partial charge in [-0.2, -0.15) is 0 Å². The Bertz CT molecular complexity index is 975. The van der Waals surface area contributed by atoms with E-state index in [4.69, 9.17) is 5.73 Å². The number of rotatable bonds is 7. The highest BCUT2D eigenvalue weighted by Crippen LogP contribution is 2.30. The Kier molecular flexibility index (Phi) is 5.96. The van der Waals surface area contributed by atoms with E-state index in [-0.39, 0.29) is 18.8 Å². The van der Waals surface area contributed by atoms with Gasteiger partial charge in [-0.3, -0.25) is 4.79 Å². The first-order valence-electron chi connectivity index (χ1n) is 8.61. The summed E-state index contributed by atoms with van der Waals surface area (Å²) in [6.45, 7) is -0.121. The van der Waals surface area contributed by atoms with Gasteiger partial charge in [0, 0.05) is 11.6 Å². The number of amides is 1. The molecule has 3 aromatic rings. The first kappa shape index (κ1) is 19.4. The molecule has 0 aliphatic carbocycles. The lowest BCUT2D eigenvalue weighted by atomic mass is 9.94. The highest BCUT2D eigenvalue weighted by atomic mass is 19.1. The molecule has 0 saturated carbocycles. The highest BCUT2D eigenvalue weighted by Gasteiger charge is 2.20. The van der Waals surface area contributed by atoms with Gasteiger partial charge >= 0.3 is 0 Å². The lowest BCUT2D eigenvalue weighted by Gasteiger charge is -2.20. The lowest BCUT2D eigenvalue weighted by Crippen LogP contribution is -2.24. The van der Waals surface area contributed by atoms with Gasteiger partial charge in [0.05, 0.1) is 18.3 Å². The average molecular weight is 383 g/mol. The molecule has 1 heterocycles. The van der Waals surface area contributed by atoms with Crippen molar-refractivity contribution in [3.63, 3.8) is 0 Å². The number of nitrogens with one attached hydrogen (secondary N) is 1. The number of aliphatic hydroxyl groups is 1. The molecule has 28 heavy (non-hydrogen) atoms. The Morgan fingerprint density at radius 1 is 1.07 bits per heavy atom. The molecule has 144 valence electrons. The number of hydrogen-bond donors (Lipinski definition) is 3. The fourth-order valence-corrected chi connectivity index (χ4v) is 3.12. The summed E-state index contributed by atoms with van der Waals surface area (Å²) in [6, 6.07) is 13.2. The van der Waals surface area contributed by atoms with Gasteiger partial charge < -0.3 is 16.2 Å². The van der Waals surface area contributed by atoms with E-state index in [1.807, 2.05) is 6.07 Å². The molecule has 1 atom stereocenters. The van der Waals surface area contributed by atoms with Crippen LogP contribution in [0.15, 0.2) is 54.6 Å². The second kappa shape index (κ2) is 8.58. The number of carbonyl (C=O) groups excluding carboxylic acids is 1. The summed E-state index contributed by atoms with van der Waals surface area (Å²) in [5, 5.41) is 12.1. The van der Waals surface area contributed by atoms with Crippen molar-refractivity contribution in [2.75, 3.05) is 5.73 Å². The molecule has 0 bridgehead atoms. The fourth-order valence-electron chi connectivity index (χ4n) is 3.12. The van der Waals surface area contributed by atoms with Gasteiger partial charge in [-0.1, -0.05) is 18.2 Å². The average Bonchev–Trinajstić information content (AvgIpc) is 2.67. The van der Waals surface area contributed by atoms with Gasteiger partial charge in [-0.15, -0.1) is 0 Å². The van der Waals surface area contributed by atoms with E-state index in [1.165, 1.54) is 12.1 Å². The molecule has 2 aromatic carbocycles. The zero-order valence-corrected chi connectivity index (χ0v) is 14.9. The highest BCUT2D eigenvalue weighted by molar-refractivity contribution is 5.69. The van der Waals surface area contributed by atoms with Gasteiger partial charge in [0.15, 0.2) is 0 Å². The van der Waals surface area contributed by atoms with Crippen molar-refractivity contribution in [3.8, 4) is 11.1 Å².